The van der Waals surface area contributed by atoms with E-state index in [1.807, 2.05) is 0 Å². The highest BCUT2D eigenvalue weighted by Crippen LogP contribution is 2.21. The van der Waals surface area contributed by atoms with Crippen LogP contribution < -0.4 is 10.6 Å². The highest BCUT2D eigenvalue weighted by molar-refractivity contribution is 6.33. The molecule has 0 spiro atoms. The van der Waals surface area contributed by atoms with Crippen molar-refractivity contribution in [3.05, 3.63) is 29.3 Å². The van der Waals surface area contributed by atoms with Crippen LogP contribution in [0.2, 0.25) is 5.02 Å². The van der Waals surface area contributed by atoms with E-state index in [1.54, 1.807) is 38.1 Å². The van der Waals surface area contributed by atoms with E-state index in [4.69, 9.17) is 16.3 Å². The summed E-state index contributed by atoms with van der Waals surface area (Å²) < 4.78 is 4.81. The third kappa shape index (κ3) is 4.27. The van der Waals surface area contributed by atoms with Gasteiger partial charge in [-0.25, -0.2) is 4.79 Å². The van der Waals surface area contributed by atoms with Gasteiger partial charge in [-0.1, -0.05) is 30.7 Å². The number of hydrogen-bond acceptors (Lipinski definition) is 5. The highest BCUT2D eigenvalue weighted by atomic mass is 35.5. The Balaban J connectivity index is 1.85. The number of nitrogens with zero attached hydrogens (tertiary/aromatic N) is 1. The zero-order valence-electron chi connectivity index (χ0n) is 13.8. The van der Waals surface area contributed by atoms with Crippen molar-refractivity contribution in [3.8, 4) is 0 Å². The van der Waals surface area contributed by atoms with Gasteiger partial charge in [0, 0.05) is 0 Å². The SMILES string of the molecule is CC[C@@]1(C)NC(=O)N(CC(=O)OCC(=O)Nc2ccccc2Cl)C1=O. The number of carbonyl (C=O) groups is 4. The van der Waals surface area contributed by atoms with Crippen molar-refractivity contribution in [1.29, 1.82) is 0 Å². The Bertz CT molecular complexity index is 723. The maximum Gasteiger partial charge on any atom is 0.326 e. The lowest BCUT2D eigenvalue weighted by Gasteiger charge is -2.18. The topological polar surface area (TPSA) is 105 Å². The molecule has 1 aromatic carbocycles. The van der Waals surface area contributed by atoms with Crippen molar-refractivity contribution >= 4 is 41.1 Å². The molecule has 0 saturated carbocycles. The predicted molar refractivity (Wildman–Crippen MR) is 90.0 cm³/mol. The van der Waals surface area contributed by atoms with Crippen molar-refractivity contribution in [1.82, 2.24) is 10.2 Å². The van der Waals surface area contributed by atoms with Crippen molar-refractivity contribution in [2.45, 2.75) is 25.8 Å². The number of halogens is 1. The van der Waals surface area contributed by atoms with Crippen LogP contribution in [0.5, 0.6) is 0 Å². The van der Waals surface area contributed by atoms with Gasteiger partial charge >= 0.3 is 12.0 Å². The van der Waals surface area contributed by atoms with E-state index in [1.165, 1.54) is 0 Å². The summed E-state index contributed by atoms with van der Waals surface area (Å²) in [7, 11) is 0. The van der Waals surface area contributed by atoms with Crippen LogP contribution in [0.25, 0.3) is 0 Å². The van der Waals surface area contributed by atoms with Crippen LogP contribution in [0.3, 0.4) is 0 Å². The summed E-state index contributed by atoms with van der Waals surface area (Å²) in [5.41, 5.74) is -0.642. The van der Waals surface area contributed by atoms with Gasteiger partial charge in [-0.3, -0.25) is 19.3 Å². The van der Waals surface area contributed by atoms with Crippen molar-refractivity contribution in [3.63, 3.8) is 0 Å². The van der Waals surface area contributed by atoms with Crippen LogP contribution in [0, 0.1) is 0 Å². The molecule has 25 heavy (non-hydrogen) atoms. The second kappa shape index (κ2) is 7.52. The number of nitrogens with one attached hydrogen (secondary N) is 2. The molecule has 9 heteroatoms. The molecule has 1 saturated heterocycles. The lowest BCUT2D eigenvalue weighted by Crippen LogP contribution is -2.43. The molecule has 1 fully saturated rings. The third-order valence-corrected chi connectivity index (χ3v) is 4.18. The molecular weight excluding hydrogens is 350 g/mol. The van der Waals surface area contributed by atoms with Crippen LogP contribution in [-0.4, -0.2) is 47.4 Å². The molecule has 4 amide bonds. The van der Waals surface area contributed by atoms with Crippen LogP contribution in [0.15, 0.2) is 24.3 Å². The van der Waals surface area contributed by atoms with Gasteiger partial charge < -0.3 is 15.4 Å². The summed E-state index contributed by atoms with van der Waals surface area (Å²) in [6, 6.07) is 5.94. The summed E-state index contributed by atoms with van der Waals surface area (Å²) in [5, 5.41) is 5.36. The van der Waals surface area contributed by atoms with Crippen molar-refractivity contribution in [2.75, 3.05) is 18.5 Å². The van der Waals surface area contributed by atoms with Crippen LogP contribution in [-0.2, 0) is 19.1 Å². The van der Waals surface area contributed by atoms with Crippen LogP contribution in [0.4, 0.5) is 10.5 Å². The van der Waals surface area contributed by atoms with Gasteiger partial charge in [-0.15, -0.1) is 0 Å². The molecule has 2 rings (SSSR count). The first-order valence-electron chi connectivity index (χ1n) is 7.61. The number of carbonyl (C=O) groups excluding carboxylic acids is 4. The molecule has 0 aliphatic carbocycles. The molecule has 1 aromatic rings. The number of ether oxygens (including phenoxy) is 1. The second-order valence-corrected chi connectivity index (χ2v) is 6.10. The Hall–Kier alpha value is -2.61. The Morgan fingerprint density at radius 2 is 2.00 bits per heavy atom. The molecule has 0 bridgehead atoms. The zero-order valence-corrected chi connectivity index (χ0v) is 14.6. The van der Waals surface area contributed by atoms with E-state index in [0.29, 0.717) is 17.1 Å². The average Bonchev–Trinajstić information content (AvgIpc) is 2.79. The highest BCUT2D eigenvalue weighted by Gasteiger charge is 2.47. The monoisotopic (exact) mass is 367 g/mol. The zero-order chi connectivity index (χ0) is 18.6. The lowest BCUT2D eigenvalue weighted by atomic mass is 9.99. The number of amides is 4. The molecule has 1 heterocycles. The molecule has 1 atom stereocenters. The van der Waals surface area contributed by atoms with Crippen molar-refractivity contribution < 1.29 is 23.9 Å². The van der Waals surface area contributed by atoms with Crippen LogP contribution >= 0.6 is 11.6 Å². The maximum atomic E-state index is 12.2. The molecule has 8 nitrogen and oxygen atoms in total. The Labute approximate surface area is 149 Å². The first-order valence-corrected chi connectivity index (χ1v) is 7.98. The fourth-order valence-electron chi connectivity index (χ4n) is 2.20. The largest absolute Gasteiger partial charge is 0.454 e. The Kier molecular flexibility index (Phi) is 5.63. The smallest absolute Gasteiger partial charge is 0.326 e. The molecule has 0 aromatic heterocycles. The molecule has 0 radical (unpaired) electrons. The number of urea groups is 1. The average molecular weight is 368 g/mol. The number of anilines is 1. The van der Waals surface area contributed by atoms with Gasteiger partial charge in [-0.2, -0.15) is 0 Å². The summed E-state index contributed by atoms with van der Waals surface area (Å²) >= 11 is 5.91. The van der Waals surface area contributed by atoms with Crippen molar-refractivity contribution in [2.24, 2.45) is 0 Å². The number of hydrogen-bond donors (Lipinski definition) is 2. The molecule has 134 valence electrons. The summed E-state index contributed by atoms with van der Waals surface area (Å²) in [5.74, 6) is -1.95. The van der Waals surface area contributed by atoms with Gasteiger partial charge in [0.15, 0.2) is 6.61 Å². The number of rotatable bonds is 6. The number of esters is 1. The summed E-state index contributed by atoms with van der Waals surface area (Å²) in [4.78, 5) is 48.3. The Morgan fingerprint density at radius 3 is 2.60 bits per heavy atom. The van der Waals surface area contributed by atoms with E-state index < -0.39 is 42.5 Å². The number of imide groups is 1. The standard InChI is InChI=1S/C16H18ClN3O5/c1-3-16(2)14(23)20(15(24)19-16)8-13(22)25-9-12(21)18-11-7-5-4-6-10(11)17/h4-7H,3,8-9H2,1-2H3,(H,18,21)(H,19,24)/t16-/m1/s1. The molecule has 1 aliphatic rings. The van der Waals surface area contributed by atoms with E-state index in [9.17, 15) is 19.2 Å². The Morgan fingerprint density at radius 1 is 1.32 bits per heavy atom. The van der Waals surface area contributed by atoms with E-state index in [-0.39, 0.29) is 0 Å². The number of para-hydroxylation sites is 1. The fourth-order valence-corrected chi connectivity index (χ4v) is 2.38. The van der Waals surface area contributed by atoms with Gasteiger partial charge in [-0.05, 0) is 25.5 Å². The van der Waals surface area contributed by atoms with Gasteiger partial charge in [0.1, 0.15) is 12.1 Å². The minimum Gasteiger partial charge on any atom is -0.454 e. The third-order valence-electron chi connectivity index (χ3n) is 3.85. The quantitative estimate of drug-likeness (QED) is 0.586. The fraction of sp³-hybridized carbons (Fsp3) is 0.375. The lowest BCUT2D eigenvalue weighted by molar-refractivity contribution is -0.150. The van der Waals surface area contributed by atoms with Gasteiger partial charge in [0.2, 0.25) is 0 Å². The van der Waals surface area contributed by atoms with Crippen LogP contribution in [0.1, 0.15) is 20.3 Å². The molecular formula is C16H18ClN3O5. The van der Waals surface area contributed by atoms with E-state index in [0.717, 1.165) is 4.90 Å². The molecule has 0 unspecified atom stereocenters. The van der Waals surface area contributed by atoms with E-state index in [2.05, 4.69) is 10.6 Å². The van der Waals surface area contributed by atoms with Gasteiger partial charge in [0.25, 0.3) is 11.8 Å². The first-order chi connectivity index (χ1) is 11.8. The molecule has 2 N–H and O–H groups in total. The van der Waals surface area contributed by atoms with E-state index >= 15 is 0 Å². The predicted octanol–water partition coefficient (Wildman–Crippen LogP) is 1.54. The minimum atomic E-state index is -1.03. The minimum absolute atomic E-state index is 0.348. The summed E-state index contributed by atoms with van der Waals surface area (Å²) in [6.07, 6.45) is 0.392. The number of benzene rings is 1. The second-order valence-electron chi connectivity index (χ2n) is 5.70. The maximum absolute atomic E-state index is 12.2. The first kappa shape index (κ1) is 18.7. The molecule has 1 aliphatic heterocycles. The summed E-state index contributed by atoms with van der Waals surface area (Å²) in [6.45, 7) is 2.22. The normalized spacial score (nSPS) is 19.6. The van der Waals surface area contributed by atoms with Gasteiger partial charge in [0.05, 0.1) is 10.7 Å².